The zero-order chi connectivity index (χ0) is 16.5. The summed E-state index contributed by atoms with van der Waals surface area (Å²) in [4.78, 5) is 17.5. The minimum Gasteiger partial charge on any atom is -0.350 e. The van der Waals surface area contributed by atoms with Crippen LogP contribution in [0.5, 0.6) is 0 Å². The quantitative estimate of drug-likeness (QED) is 0.598. The second kappa shape index (κ2) is 5.94. The Hall–Kier alpha value is -2.92. The lowest BCUT2D eigenvalue weighted by Gasteiger charge is -2.05. The molecule has 0 saturated heterocycles. The van der Waals surface area contributed by atoms with Gasteiger partial charge in [-0.05, 0) is 18.2 Å². The molecule has 0 aliphatic heterocycles. The SMILES string of the molecule is Cn1ccc2c(NC(=O)c3cnc(-c4ccccc4)s3)cccc21. The van der Waals surface area contributed by atoms with E-state index in [4.69, 9.17) is 0 Å². The number of rotatable bonds is 3. The van der Waals surface area contributed by atoms with Crippen LogP contribution in [0.3, 0.4) is 0 Å². The van der Waals surface area contributed by atoms with Crippen LogP contribution in [0.1, 0.15) is 9.67 Å². The summed E-state index contributed by atoms with van der Waals surface area (Å²) in [5, 5.41) is 4.87. The summed E-state index contributed by atoms with van der Waals surface area (Å²) in [7, 11) is 1.99. The van der Waals surface area contributed by atoms with E-state index in [0.29, 0.717) is 4.88 Å². The van der Waals surface area contributed by atoms with Gasteiger partial charge < -0.3 is 9.88 Å². The van der Waals surface area contributed by atoms with E-state index in [9.17, 15) is 4.79 Å². The minimum atomic E-state index is -0.133. The second-order valence-corrected chi connectivity index (χ2v) is 6.55. The number of hydrogen-bond donors (Lipinski definition) is 1. The second-order valence-electron chi connectivity index (χ2n) is 5.51. The van der Waals surface area contributed by atoms with Crippen molar-refractivity contribution in [2.24, 2.45) is 7.05 Å². The Kier molecular flexibility index (Phi) is 3.63. The van der Waals surface area contributed by atoms with E-state index in [0.717, 1.165) is 27.2 Å². The molecule has 4 aromatic rings. The van der Waals surface area contributed by atoms with E-state index >= 15 is 0 Å². The molecule has 4 nitrogen and oxygen atoms in total. The van der Waals surface area contributed by atoms with Gasteiger partial charge in [-0.15, -0.1) is 11.3 Å². The fraction of sp³-hybridized carbons (Fsp3) is 0.0526. The van der Waals surface area contributed by atoms with Crippen molar-refractivity contribution in [3.8, 4) is 10.6 Å². The first kappa shape index (κ1) is 14.7. The monoisotopic (exact) mass is 333 g/mol. The van der Waals surface area contributed by atoms with Crippen LogP contribution in [0.15, 0.2) is 67.0 Å². The highest BCUT2D eigenvalue weighted by atomic mass is 32.1. The zero-order valence-electron chi connectivity index (χ0n) is 13.1. The first-order valence-electron chi connectivity index (χ1n) is 7.59. The number of amides is 1. The number of fused-ring (bicyclic) bond motifs is 1. The molecule has 0 aliphatic rings. The maximum Gasteiger partial charge on any atom is 0.267 e. The van der Waals surface area contributed by atoms with Gasteiger partial charge in [-0.25, -0.2) is 4.98 Å². The highest BCUT2D eigenvalue weighted by Gasteiger charge is 2.13. The normalized spacial score (nSPS) is 10.9. The van der Waals surface area contributed by atoms with Gasteiger partial charge in [0.05, 0.1) is 11.9 Å². The van der Waals surface area contributed by atoms with E-state index in [1.807, 2.05) is 72.4 Å². The number of hydrogen-bond acceptors (Lipinski definition) is 3. The molecule has 0 aliphatic carbocycles. The Labute approximate surface area is 143 Å². The number of thiazole rings is 1. The molecular weight excluding hydrogens is 318 g/mol. The lowest BCUT2D eigenvalue weighted by molar-refractivity contribution is 0.103. The number of anilines is 1. The third-order valence-corrected chi connectivity index (χ3v) is 4.97. The number of aryl methyl sites for hydroxylation is 1. The van der Waals surface area contributed by atoms with E-state index < -0.39 is 0 Å². The summed E-state index contributed by atoms with van der Waals surface area (Å²) in [6.45, 7) is 0. The molecule has 1 N–H and O–H groups in total. The van der Waals surface area contributed by atoms with Crippen LogP contribution in [0.2, 0.25) is 0 Å². The summed E-state index contributed by atoms with van der Waals surface area (Å²) < 4.78 is 2.03. The van der Waals surface area contributed by atoms with Crippen LogP contribution in [-0.2, 0) is 7.05 Å². The average Bonchev–Trinajstić information content (AvgIpc) is 3.24. The first-order valence-corrected chi connectivity index (χ1v) is 8.41. The fourth-order valence-electron chi connectivity index (χ4n) is 2.69. The average molecular weight is 333 g/mol. The summed E-state index contributed by atoms with van der Waals surface area (Å²) in [5.41, 5.74) is 2.92. The van der Waals surface area contributed by atoms with Crippen molar-refractivity contribution in [1.29, 1.82) is 0 Å². The predicted molar refractivity (Wildman–Crippen MR) is 98.4 cm³/mol. The topological polar surface area (TPSA) is 46.9 Å². The highest BCUT2D eigenvalue weighted by Crippen LogP contribution is 2.27. The zero-order valence-corrected chi connectivity index (χ0v) is 13.9. The van der Waals surface area contributed by atoms with Crippen molar-refractivity contribution in [3.63, 3.8) is 0 Å². The van der Waals surface area contributed by atoms with Gasteiger partial charge in [0.25, 0.3) is 5.91 Å². The van der Waals surface area contributed by atoms with Gasteiger partial charge in [0, 0.05) is 29.7 Å². The summed E-state index contributed by atoms with van der Waals surface area (Å²) >= 11 is 1.40. The van der Waals surface area contributed by atoms with Crippen molar-refractivity contribution < 1.29 is 4.79 Å². The molecule has 0 spiro atoms. The van der Waals surface area contributed by atoms with Crippen LogP contribution < -0.4 is 5.32 Å². The first-order chi connectivity index (χ1) is 11.7. The number of nitrogens with zero attached hydrogens (tertiary/aromatic N) is 2. The highest BCUT2D eigenvalue weighted by molar-refractivity contribution is 7.17. The Bertz CT molecular complexity index is 1020. The van der Waals surface area contributed by atoms with Gasteiger partial charge in [0.1, 0.15) is 9.88 Å². The number of nitrogens with one attached hydrogen (secondary N) is 1. The standard InChI is InChI=1S/C19H15N3OS/c1-22-11-10-14-15(8-5-9-16(14)22)21-18(23)17-12-20-19(24-17)13-6-3-2-4-7-13/h2-12H,1H3,(H,21,23). The predicted octanol–water partition coefficient (Wildman–Crippen LogP) is 4.55. The van der Waals surface area contributed by atoms with Gasteiger partial charge in [-0.2, -0.15) is 0 Å². The lowest BCUT2D eigenvalue weighted by Crippen LogP contribution is -2.10. The van der Waals surface area contributed by atoms with Crippen molar-refractivity contribution in [3.05, 3.63) is 71.9 Å². The maximum atomic E-state index is 12.6. The molecule has 2 aromatic carbocycles. The smallest absolute Gasteiger partial charge is 0.267 e. The van der Waals surface area contributed by atoms with Crippen LogP contribution in [0.4, 0.5) is 5.69 Å². The molecule has 1 amide bonds. The largest absolute Gasteiger partial charge is 0.350 e. The molecule has 0 unspecified atom stereocenters. The van der Waals surface area contributed by atoms with Crippen LogP contribution in [-0.4, -0.2) is 15.5 Å². The van der Waals surface area contributed by atoms with Crippen molar-refractivity contribution in [2.75, 3.05) is 5.32 Å². The van der Waals surface area contributed by atoms with Crippen molar-refractivity contribution in [1.82, 2.24) is 9.55 Å². The number of aromatic nitrogens is 2. The molecule has 0 saturated carbocycles. The van der Waals surface area contributed by atoms with Crippen LogP contribution >= 0.6 is 11.3 Å². The Morgan fingerprint density at radius 2 is 1.92 bits per heavy atom. The van der Waals surface area contributed by atoms with Gasteiger partial charge in [0.15, 0.2) is 0 Å². The van der Waals surface area contributed by atoms with Gasteiger partial charge in [-0.1, -0.05) is 36.4 Å². The summed E-state index contributed by atoms with van der Waals surface area (Å²) in [6, 6.07) is 17.8. The molecule has 118 valence electrons. The summed E-state index contributed by atoms with van der Waals surface area (Å²) in [5.74, 6) is -0.133. The van der Waals surface area contributed by atoms with Crippen LogP contribution in [0.25, 0.3) is 21.5 Å². The molecule has 5 heteroatoms. The fourth-order valence-corrected chi connectivity index (χ4v) is 3.51. The molecule has 0 radical (unpaired) electrons. The van der Waals surface area contributed by atoms with Crippen LogP contribution in [0, 0.1) is 0 Å². The third kappa shape index (κ3) is 2.59. The van der Waals surface area contributed by atoms with Gasteiger partial charge in [-0.3, -0.25) is 4.79 Å². The lowest BCUT2D eigenvalue weighted by atomic mass is 10.2. The van der Waals surface area contributed by atoms with Crippen molar-refractivity contribution in [2.45, 2.75) is 0 Å². The summed E-state index contributed by atoms with van der Waals surface area (Å²) in [6.07, 6.45) is 3.62. The third-order valence-electron chi connectivity index (χ3n) is 3.93. The molecule has 2 heterocycles. The number of carbonyl (C=O) groups excluding carboxylic acids is 1. The van der Waals surface area contributed by atoms with E-state index in [1.54, 1.807) is 6.20 Å². The van der Waals surface area contributed by atoms with E-state index in [1.165, 1.54) is 11.3 Å². The molecule has 2 aromatic heterocycles. The Balaban J connectivity index is 1.61. The Morgan fingerprint density at radius 3 is 2.75 bits per heavy atom. The molecule has 0 atom stereocenters. The molecule has 0 fully saturated rings. The van der Waals surface area contributed by atoms with Crippen molar-refractivity contribution >= 4 is 33.8 Å². The minimum absolute atomic E-state index is 0.133. The number of benzene rings is 2. The molecule has 24 heavy (non-hydrogen) atoms. The molecule has 0 bridgehead atoms. The molecule has 4 rings (SSSR count). The Morgan fingerprint density at radius 1 is 1.08 bits per heavy atom. The van der Waals surface area contributed by atoms with E-state index in [2.05, 4.69) is 10.3 Å². The number of carbonyl (C=O) groups is 1. The van der Waals surface area contributed by atoms with Gasteiger partial charge >= 0.3 is 0 Å². The molecular formula is C19H15N3OS. The van der Waals surface area contributed by atoms with E-state index in [-0.39, 0.29) is 5.91 Å². The maximum absolute atomic E-state index is 12.6. The van der Waals surface area contributed by atoms with Gasteiger partial charge in [0.2, 0.25) is 0 Å².